The molecule has 7 heteroatoms. The van der Waals surface area contributed by atoms with E-state index in [4.69, 9.17) is 14.2 Å². The molecular formula is C28H32N2O5. The molecule has 1 atom stereocenters. The van der Waals surface area contributed by atoms with E-state index in [0.717, 1.165) is 16.7 Å². The van der Waals surface area contributed by atoms with Crippen LogP contribution in [0.1, 0.15) is 34.0 Å². The van der Waals surface area contributed by atoms with Gasteiger partial charge in [0.05, 0.1) is 25.5 Å². The van der Waals surface area contributed by atoms with Crippen LogP contribution in [-0.4, -0.2) is 38.7 Å². The first-order chi connectivity index (χ1) is 16.8. The first-order valence-electron chi connectivity index (χ1n) is 11.4. The molecule has 3 aromatic rings. The summed E-state index contributed by atoms with van der Waals surface area (Å²) in [6.07, 6.45) is -0.125. The van der Waals surface area contributed by atoms with Gasteiger partial charge in [-0.2, -0.15) is 0 Å². The van der Waals surface area contributed by atoms with Crippen molar-refractivity contribution in [2.24, 2.45) is 0 Å². The summed E-state index contributed by atoms with van der Waals surface area (Å²) < 4.78 is 16.4. The highest BCUT2D eigenvalue weighted by molar-refractivity contribution is 6.04. The quantitative estimate of drug-likeness (QED) is 0.443. The van der Waals surface area contributed by atoms with Gasteiger partial charge in [-0.15, -0.1) is 0 Å². The van der Waals surface area contributed by atoms with Gasteiger partial charge in [-0.3, -0.25) is 9.59 Å². The van der Waals surface area contributed by atoms with Crippen LogP contribution in [0.3, 0.4) is 0 Å². The molecule has 3 rings (SSSR count). The van der Waals surface area contributed by atoms with Gasteiger partial charge >= 0.3 is 0 Å². The van der Waals surface area contributed by atoms with Crippen LogP contribution >= 0.6 is 0 Å². The molecule has 0 saturated heterocycles. The zero-order chi connectivity index (χ0) is 25.4. The fourth-order valence-corrected chi connectivity index (χ4v) is 3.52. The number of benzene rings is 3. The SMILES string of the molecule is COc1ccc(CCNC(=O)c2ccccc2NC(=O)[C@@H](C)Oc2ccc(C)c(C)c2)cc1OC. The average molecular weight is 477 g/mol. The van der Waals surface area contributed by atoms with E-state index in [1.807, 2.05) is 50.2 Å². The maximum atomic E-state index is 12.9. The highest BCUT2D eigenvalue weighted by Gasteiger charge is 2.18. The van der Waals surface area contributed by atoms with E-state index in [2.05, 4.69) is 10.6 Å². The summed E-state index contributed by atoms with van der Waals surface area (Å²) in [7, 11) is 3.17. The Balaban J connectivity index is 1.60. The maximum Gasteiger partial charge on any atom is 0.265 e. The van der Waals surface area contributed by atoms with E-state index in [0.29, 0.717) is 41.5 Å². The summed E-state index contributed by atoms with van der Waals surface area (Å²) in [5.74, 6) is 1.30. The van der Waals surface area contributed by atoms with Crippen LogP contribution in [0.15, 0.2) is 60.7 Å². The minimum atomic E-state index is -0.738. The number of carbonyl (C=O) groups excluding carboxylic acids is 2. The number of ether oxygens (including phenoxy) is 3. The van der Waals surface area contributed by atoms with Crippen LogP contribution in [0.4, 0.5) is 5.69 Å². The van der Waals surface area contributed by atoms with Gasteiger partial charge in [-0.05, 0) is 80.3 Å². The molecule has 0 saturated carbocycles. The Labute approximate surface area is 206 Å². The lowest BCUT2D eigenvalue weighted by Gasteiger charge is -2.17. The van der Waals surface area contributed by atoms with Gasteiger partial charge in [0.1, 0.15) is 5.75 Å². The molecule has 2 N–H and O–H groups in total. The molecule has 0 aliphatic rings. The molecule has 0 fully saturated rings. The van der Waals surface area contributed by atoms with Gasteiger partial charge in [-0.1, -0.05) is 24.3 Å². The van der Waals surface area contributed by atoms with Crippen LogP contribution in [0.5, 0.6) is 17.2 Å². The fourth-order valence-electron chi connectivity index (χ4n) is 3.52. The Morgan fingerprint density at radius 2 is 1.63 bits per heavy atom. The lowest BCUT2D eigenvalue weighted by molar-refractivity contribution is -0.122. The van der Waals surface area contributed by atoms with Crippen molar-refractivity contribution in [3.05, 3.63) is 82.9 Å². The highest BCUT2D eigenvalue weighted by Crippen LogP contribution is 2.27. The molecule has 0 unspecified atom stereocenters. The minimum Gasteiger partial charge on any atom is -0.493 e. The topological polar surface area (TPSA) is 85.9 Å². The second-order valence-electron chi connectivity index (χ2n) is 8.24. The molecule has 0 bridgehead atoms. The summed E-state index contributed by atoms with van der Waals surface area (Å²) in [6, 6.07) is 18.2. The molecule has 0 aliphatic heterocycles. The molecule has 0 spiro atoms. The monoisotopic (exact) mass is 476 g/mol. The van der Waals surface area contributed by atoms with Crippen LogP contribution in [0, 0.1) is 13.8 Å². The number of hydrogen-bond acceptors (Lipinski definition) is 5. The molecule has 7 nitrogen and oxygen atoms in total. The second-order valence-corrected chi connectivity index (χ2v) is 8.24. The van der Waals surface area contributed by atoms with Crippen molar-refractivity contribution in [1.82, 2.24) is 5.32 Å². The normalized spacial score (nSPS) is 11.3. The van der Waals surface area contributed by atoms with E-state index < -0.39 is 6.10 Å². The number of amides is 2. The Bertz CT molecular complexity index is 1190. The Kier molecular flexibility index (Phi) is 8.73. The summed E-state index contributed by atoms with van der Waals surface area (Å²) in [5.41, 5.74) is 4.05. The minimum absolute atomic E-state index is 0.274. The number of carbonyl (C=O) groups is 2. The smallest absolute Gasteiger partial charge is 0.265 e. The summed E-state index contributed by atoms with van der Waals surface area (Å²) in [6.45, 7) is 6.11. The lowest BCUT2D eigenvalue weighted by Crippen LogP contribution is -2.32. The predicted octanol–water partition coefficient (Wildman–Crippen LogP) is 4.70. The maximum absolute atomic E-state index is 12.9. The second kappa shape index (κ2) is 11.9. The zero-order valence-corrected chi connectivity index (χ0v) is 20.8. The van der Waals surface area contributed by atoms with Crippen molar-refractivity contribution < 1.29 is 23.8 Å². The van der Waals surface area contributed by atoms with Gasteiger partial charge < -0.3 is 24.8 Å². The number of nitrogens with one attached hydrogen (secondary N) is 2. The average Bonchev–Trinajstić information content (AvgIpc) is 2.86. The number of rotatable bonds is 10. The molecule has 184 valence electrons. The van der Waals surface area contributed by atoms with E-state index in [9.17, 15) is 9.59 Å². The van der Waals surface area contributed by atoms with E-state index in [1.165, 1.54) is 0 Å². The van der Waals surface area contributed by atoms with Crippen molar-refractivity contribution >= 4 is 17.5 Å². The first kappa shape index (κ1) is 25.6. The number of methoxy groups -OCH3 is 2. The standard InChI is InChI=1S/C28H32N2O5/c1-18-10-12-22(16-19(18)2)35-20(3)27(31)30-24-9-7-6-8-23(24)28(32)29-15-14-21-11-13-25(33-4)26(17-21)34-5/h6-13,16-17,20H,14-15H2,1-5H3,(H,29,32)(H,30,31)/t20-/m1/s1. The number of hydrogen-bond donors (Lipinski definition) is 2. The van der Waals surface area contributed by atoms with Gasteiger partial charge in [-0.25, -0.2) is 0 Å². The third-order valence-electron chi connectivity index (χ3n) is 5.74. The number of aryl methyl sites for hydroxylation is 2. The zero-order valence-electron chi connectivity index (χ0n) is 20.8. The van der Waals surface area contributed by atoms with Crippen LogP contribution < -0.4 is 24.8 Å². The lowest BCUT2D eigenvalue weighted by atomic mass is 10.1. The van der Waals surface area contributed by atoms with Gasteiger partial charge in [0, 0.05) is 6.54 Å². The summed E-state index contributed by atoms with van der Waals surface area (Å²) in [4.78, 5) is 25.6. The predicted molar refractivity (Wildman–Crippen MR) is 137 cm³/mol. The Morgan fingerprint density at radius 3 is 2.34 bits per heavy atom. The Hall–Kier alpha value is -4.00. The number of para-hydroxylation sites is 1. The van der Waals surface area contributed by atoms with Gasteiger partial charge in [0.25, 0.3) is 11.8 Å². The molecule has 35 heavy (non-hydrogen) atoms. The van der Waals surface area contributed by atoms with Crippen LogP contribution in [0.25, 0.3) is 0 Å². The summed E-state index contributed by atoms with van der Waals surface area (Å²) >= 11 is 0. The highest BCUT2D eigenvalue weighted by atomic mass is 16.5. The third kappa shape index (κ3) is 6.76. The van der Waals surface area contributed by atoms with Crippen LogP contribution in [0.2, 0.25) is 0 Å². The van der Waals surface area contributed by atoms with Crippen molar-refractivity contribution in [3.63, 3.8) is 0 Å². The molecule has 0 radical (unpaired) electrons. The summed E-state index contributed by atoms with van der Waals surface area (Å²) in [5, 5.41) is 5.73. The molecule has 0 heterocycles. The largest absolute Gasteiger partial charge is 0.493 e. The number of anilines is 1. The van der Waals surface area contributed by atoms with E-state index in [1.54, 1.807) is 45.4 Å². The molecule has 0 aliphatic carbocycles. The van der Waals surface area contributed by atoms with Gasteiger partial charge in [0.2, 0.25) is 0 Å². The van der Waals surface area contributed by atoms with Crippen molar-refractivity contribution in [1.29, 1.82) is 0 Å². The van der Waals surface area contributed by atoms with E-state index in [-0.39, 0.29) is 11.8 Å². The van der Waals surface area contributed by atoms with E-state index >= 15 is 0 Å². The first-order valence-corrected chi connectivity index (χ1v) is 11.4. The third-order valence-corrected chi connectivity index (χ3v) is 5.74. The fraction of sp³-hybridized carbons (Fsp3) is 0.286. The molecule has 0 aromatic heterocycles. The molecule has 2 amide bonds. The van der Waals surface area contributed by atoms with Crippen LogP contribution in [-0.2, 0) is 11.2 Å². The molecular weight excluding hydrogens is 444 g/mol. The molecule has 3 aromatic carbocycles. The van der Waals surface area contributed by atoms with Crippen molar-refractivity contribution in [2.45, 2.75) is 33.3 Å². The van der Waals surface area contributed by atoms with Crippen molar-refractivity contribution in [3.8, 4) is 17.2 Å². The van der Waals surface area contributed by atoms with Gasteiger partial charge in [0.15, 0.2) is 17.6 Å². The van der Waals surface area contributed by atoms with Crippen molar-refractivity contribution in [2.75, 3.05) is 26.1 Å². The Morgan fingerprint density at radius 1 is 0.886 bits per heavy atom.